The first-order valence-electron chi connectivity index (χ1n) is 4.24. The number of nitrogens with zero attached hydrogens (tertiary/aromatic N) is 1. The molecule has 1 aromatic carbocycles. The maximum absolute atomic E-state index is 12.8. The van der Waals surface area contributed by atoms with Crippen molar-refractivity contribution in [2.75, 3.05) is 7.11 Å². The number of hydrogen-bond acceptors (Lipinski definition) is 4. The van der Waals surface area contributed by atoms with Gasteiger partial charge in [0.25, 0.3) is 0 Å². The fourth-order valence-electron chi connectivity index (χ4n) is 1.25. The second-order valence-electron chi connectivity index (χ2n) is 2.99. The van der Waals surface area contributed by atoms with Crippen molar-refractivity contribution in [1.82, 2.24) is 0 Å². The molecule has 0 unspecified atom stereocenters. The number of carbonyl (C=O) groups excluding carboxylic acids is 1. The van der Waals surface area contributed by atoms with Crippen molar-refractivity contribution >= 4 is 18.6 Å². The number of carbonyl (C=O) groups is 1. The van der Waals surface area contributed by atoms with Gasteiger partial charge in [-0.15, -0.1) is 12.6 Å². The number of ether oxygens (including phenoxy) is 1. The Kier molecular flexibility index (Phi) is 3.68. The molecule has 0 N–H and O–H groups in total. The summed E-state index contributed by atoms with van der Waals surface area (Å²) in [6.07, 6.45) is -4.78. The Morgan fingerprint density at radius 2 is 2.06 bits per heavy atom. The van der Waals surface area contributed by atoms with Crippen LogP contribution < -0.4 is 0 Å². The number of alkyl halides is 3. The third kappa shape index (κ3) is 2.53. The zero-order chi connectivity index (χ0) is 13.2. The third-order valence-corrected chi connectivity index (χ3v) is 2.45. The molecule has 0 radical (unpaired) electrons. The van der Waals surface area contributed by atoms with Gasteiger partial charge in [0.15, 0.2) is 0 Å². The molecule has 0 spiro atoms. The lowest BCUT2D eigenvalue weighted by Crippen LogP contribution is -2.16. The molecule has 3 nitrogen and oxygen atoms in total. The van der Waals surface area contributed by atoms with Crippen LogP contribution >= 0.6 is 12.6 Å². The first-order chi connectivity index (χ1) is 7.82. The van der Waals surface area contributed by atoms with Crippen LogP contribution in [0.5, 0.6) is 0 Å². The molecule has 0 aliphatic rings. The summed E-state index contributed by atoms with van der Waals surface area (Å²) < 4.78 is 42.5. The highest BCUT2D eigenvalue weighted by Gasteiger charge is 2.38. The molecule has 0 atom stereocenters. The molecule has 0 aliphatic carbocycles. The van der Waals surface area contributed by atoms with E-state index >= 15 is 0 Å². The second kappa shape index (κ2) is 4.67. The molecule has 0 aliphatic heterocycles. The van der Waals surface area contributed by atoms with Gasteiger partial charge < -0.3 is 4.74 Å². The minimum Gasteiger partial charge on any atom is -0.465 e. The fourth-order valence-corrected chi connectivity index (χ4v) is 1.62. The number of esters is 1. The maximum Gasteiger partial charge on any atom is 0.418 e. The van der Waals surface area contributed by atoms with Crippen molar-refractivity contribution in [3.8, 4) is 6.07 Å². The van der Waals surface area contributed by atoms with Crippen LogP contribution in [-0.4, -0.2) is 13.1 Å². The molecule has 17 heavy (non-hydrogen) atoms. The van der Waals surface area contributed by atoms with Crippen LogP contribution in [0.3, 0.4) is 0 Å². The topological polar surface area (TPSA) is 50.1 Å². The predicted molar refractivity (Wildman–Crippen MR) is 54.8 cm³/mol. The Labute approximate surface area is 100 Å². The van der Waals surface area contributed by atoms with Gasteiger partial charge in [0.2, 0.25) is 0 Å². The normalized spacial score (nSPS) is 10.8. The Bertz CT molecular complexity index is 505. The first kappa shape index (κ1) is 13.4. The molecule has 0 bridgehead atoms. The van der Waals surface area contributed by atoms with Gasteiger partial charge in [-0.1, -0.05) is 0 Å². The van der Waals surface area contributed by atoms with Crippen molar-refractivity contribution in [2.45, 2.75) is 11.1 Å². The summed E-state index contributed by atoms with van der Waals surface area (Å²) in [7, 11) is 0.971. The van der Waals surface area contributed by atoms with Gasteiger partial charge in [-0.25, -0.2) is 4.79 Å². The van der Waals surface area contributed by atoms with Gasteiger partial charge in [-0.05, 0) is 12.1 Å². The fraction of sp³-hybridized carbons (Fsp3) is 0.200. The lowest BCUT2D eigenvalue weighted by molar-refractivity contribution is -0.140. The van der Waals surface area contributed by atoms with Gasteiger partial charge in [0.05, 0.1) is 23.8 Å². The summed E-state index contributed by atoms with van der Waals surface area (Å²) in [4.78, 5) is 10.6. The zero-order valence-corrected chi connectivity index (χ0v) is 9.39. The molecule has 1 aromatic rings. The Hall–Kier alpha value is -1.68. The summed E-state index contributed by atoms with van der Waals surface area (Å²) in [5.41, 5.74) is -2.18. The third-order valence-electron chi connectivity index (χ3n) is 1.99. The molecular weight excluding hydrogens is 255 g/mol. The Balaban J connectivity index is 3.60. The average molecular weight is 261 g/mol. The predicted octanol–water partition coefficient (Wildman–Crippen LogP) is 2.65. The van der Waals surface area contributed by atoms with E-state index < -0.39 is 28.2 Å². The smallest absolute Gasteiger partial charge is 0.418 e. The molecule has 0 saturated heterocycles. The average Bonchev–Trinajstić information content (AvgIpc) is 2.25. The minimum absolute atomic E-state index is 0.256. The van der Waals surface area contributed by atoms with Crippen molar-refractivity contribution in [2.24, 2.45) is 0 Å². The quantitative estimate of drug-likeness (QED) is 0.624. The number of hydrogen-bond donors (Lipinski definition) is 1. The van der Waals surface area contributed by atoms with E-state index in [0.717, 1.165) is 19.2 Å². The van der Waals surface area contributed by atoms with Crippen LogP contribution in [0, 0.1) is 11.3 Å². The minimum atomic E-state index is -4.78. The van der Waals surface area contributed by atoms with Crippen molar-refractivity contribution in [3.63, 3.8) is 0 Å². The number of nitriles is 1. The lowest BCUT2D eigenvalue weighted by atomic mass is 10.0. The molecule has 0 amide bonds. The van der Waals surface area contributed by atoms with Crippen molar-refractivity contribution < 1.29 is 22.7 Å². The largest absolute Gasteiger partial charge is 0.465 e. The molecular formula is C10H6F3NO2S. The van der Waals surface area contributed by atoms with Gasteiger partial charge >= 0.3 is 12.1 Å². The number of benzene rings is 1. The first-order valence-corrected chi connectivity index (χ1v) is 4.69. The van der Waals surface area contributed by atoms with E-state index in [2.05, 4.69) is 17.4 Å². The molecule has 0 heterocycles. The van der Waals surface area contributed by atoms with Crippen LogP contribution in [0.1, 0.15) is 21.5 Å². The van der Waals surface area contributed by atoms with E-state index in [1.807, 2.05) is 0 Å². The Morgan fingerprint density at radius 1 is 1.47 bits per heavy atom. The van der Waals surface area contributed by atoms with Crippen LogP contribution in [-0.2, 0) is 10.9 Å². The highest BCUT2D eigenvalue weighted by molar-refractivity contribution is 7.80. The summed E-state index contributed by atoms with van der Waals surface area (Å²) >= 11 is 3.64. The summed E-state index contributed by atoms with van der Waals surface area (Å²) in [6, 6.07) is 3.55. The SMILES string of the molecule is COC(=O)c1ccc(C#N)c(S)c1C(F)(F)F. The molecule has 7 heteroatoms. The molecule has 0 aromatic heterocycles. The van der Waals surface area contributed by atoms with E-state index in [-0.39, 0.29) is 5.56 Å². The number of methoxy groups -OCH3 is 1. The van der Waals surface area contributed by atoms with Gasteiger partial charge in [0, 0.05) is 4.90 Å². The number of thiol groups is 1. The molecule has 0 saturated carbocycles. The maximum atomic E-state index is 12.8. The highest BCUT2D eigenvalue weighted by atomic mass is 32.1. The molecule has 1 rings (SSSR count). The van der Waals surface area contributed by atoms with Gasteiger partial charge in [0.1, 0.15) is 6.07 Å². The number of rotatable bonds is 1. The van der Waals surface area contributed by atoms with E-state index in [1.165, 1.54) is 0 Å². The second-order valence-corrected chi connectivity index (χ2v) is 3.43. The van der Waals surface area contributed by atoms with Gasteiger partial charge in [-0.2, -0.15) is 18.4 Å². The van der Waals surface area contributed by atoms with E-state index in [9.17, 15) is 18.0 Å². The monoisotopic (exact) mass is 261 g/mol. The zero-order valence-electron chi connectivity index (χ0n) is 8.50. The standard InChI is InChI=1S/C10H6F3NO2S/c1-16-9(15)6-3-2-5(4-14)8(17)7(6)10(11,12)13/h2-3,17H,1H3. The highest BCUT2D eigenvalue weighted by Crippen LogP contribution is 2.38. The van der Waals surface area contributed by atoms with Crippen molar-refractivity contribution in [1.29, 1.82) is 5.26 Å². The summed E-state index contributed by atoms with van der Waals surface area (Å²) in [5, 5.41) is 8.61. The van der Waals surface area contributed by atoms with Crippen molar-refractivity contribution in [3.05, 3.63) is 28.8 Å². The van der Waals surface area contributed by atoms with E-state index in [4.69, 9.17) is 5.26 Å². The molecule has 0 fully saturated rings. The van der Waals surface area contributed by atoms with E-state index in [0.29, 0.717) is 0 Å². The Morgan fingerprint density at radius 3 is 2.47 bits per heavy atom. The molecule has 90 valence electrons. The van der Waals surface area contributed by atoms with Crippen LogP contribution in [0.4, 0.5) is 13.2 Å². The van der Waals surface area contributed by atoms with Crippen LogP contribution in [0.2, 0.25) is 0 Å². The van der Waals surface area contributed by atoms with Gasteiger partial charge in [-0.3, -0.25) is 0 Å². The summed E-state index contributed by atoms with van der Waals surface area (Å²) in [6.45, 7) is 0. The number of halogens is 3. The van der Waals surface area contributed by atoms with Crippen LogP contribution in [0.25, 0.3) is 0 Å². The van der Waals surface area contributed by atoms with E-state index in [1.54, 1.807) is 6.07 Å². The lowest BCUT2D eigenvalue weighted by Gasteiger charge is -2.14. The summed E-state index contributed by atoms with van der Waals surface area (Å²) in [5.74, 6) is -1.13. The van der Waals surface area contributed by atoms with Crippen LogP contribution in [0.15, 0.2) is 17.0 Å².